The van der Waals surface area contributed by atoms with Crippen LogP contribution in [0.2, 0.25) is 0 Å². The lowest BCUT2D eigenvalue weighted by Crippen LogP contribution is -2.15. The molecule has 1 aliphatic carbocycles. The van der Waals surface area contributed by atoms with Crippen LogP contribution in [0.25, 0.3) is 17.3 Å². The molecule has 2 aliphatic rings. The quantitative estimate of drug-likeness (QED) is 0.912. The third-order valence-corrected chi connectivity index (χ3v) is 3.68. The normalized spacial score (nSPS) is 22.9. The molecule has 0 amide bonds. The second-order valence-electron chi connectivity index (χ2n) is 4.89. The summed E-state index contributed by atoms with van der Waals surface area (Å²) in [6.07, 6.45) is 3.44. The first-order valence-electron chi connectivity index (χ1n) is 6.49. The minimum atomic E-state index is -0.956. The monoisotopic (exact) mass is 285 g/mol. The van der Waals surface area contributed by atoms with Gasteiger partial charge >= 0.3 is 5.97 Å². The summed E-state index contributed by atoms with van der Waals surface area (Å²) in [5, 5.41) is 13.0. The Morgan fingerprint density at radius 3 is 2.81 bits per heavy atom. The Labute approximate surface area is 119 Å². The maximum atomic E-state index is 10.9. The number of carboxylic acid groups (broad SMARTS) is 1. The topological polar surface area (TPSA) is 81.8 Å². The van der Waals surface area contributed by atoms with Crippen LogP contribution < -0.4 is 0 Å². The van der Waals surface area contributed by atoms with Gasteiger partial charge in [-0.25, -0.2) is 4.79 Å². The average Bonchev–Trinajstić information content (AvgIpc) is 3.13. The van der Waals surface area contributed by atoms with E-state index in [2.05, 4.69) is 5.16 Å². The molecule has 2 atom stereocenters. The van der Waals surface area contributed by atoms with Crippen LogP contribution in [-0.4, -0.2) is 29.1 Å². The van der Waals surface area contributed by atoms with Crippen molar-refractivity contribution in [1.82, 2.24) is 5.16 Å². The lowest BCUT2D eigenvalue weighted by Gasteiger charge is -2.15. The van der Waals surface area contributed by atoms with E-state index in [1.807, 2.05) is 12.2 Å². The van der Waals surface area contributed by atoms with E-state index in [0.717, 1.165) is 11.1 Å². The Morgan fingerprint density at radius 2 is 2.05 bits per heavy atom. The molecule has 0 spiro atoms. The molecule has 2 unspecified atom stereocenters. The van der Waals surface area contributed by atoms with Crippen molar-refractivity contribution in [1.29, 1.82) is 0 Å². The standard InChI is InChI=1S/C15H11NO5/c17-15(18)9-3-1-8(2-4-9)12-10-5-6-11-14(20-7-19-11)13(10)21-16-12/h1-6,11,14H,7H2,(H,17,18). The number of hydrogen-bond acceptors (Lipinski definition) is 5. The van der Waals surface area contributed by atoms with E-state index in [4.69, 9.17) is 19.1 Å². The maximum absolute atomic E-state index is 10.9. The molecule has 0 saturated carbocycles. The molecule has 1 aromatic carbocycles. The van der Waals surface area contributed by atoms with Crippen molar-refractivity contribution < 1.29 is 23.9 Å². The predicted molar refractivity (Wildman–Crippen MR) is 71.5 cm³/mol. The molecule has 1 saturated heterocycles. The van der Waals surface area contributed by atoms with E-state index >= 15 is 0 Å². The number of ether oxygens (including phenoxy) is 2. The van der Waals surface area contributed by atoms with Gasteiger partial charge in [-0.15, -0.1) is 0 Å². The lowest BCUT2D eigenvalue weighted by atomic mass is 9.96. The Balaban J connectivity index is 1.75. The number of carboxylic acids is 1. The third kappa shape index (κ3) is 1.88. The number of aromatic nitrogens is 1. The number of aromatic carboxylic acids is 1. The van der Waals surface area contributed by atoms with Crippen LogP contribution in [0.1, 0.15) is 27.8 Å². The molecule has 106 valence electrons. The number of benzene rings is 1. The van der Waals surface area contributed by atoms with Crippen LogP contribution in [0.5, 0.6) is 0 Å². The summed E-state index contributed by atoms with van der Waals surface area (Å²) in [6.45, 7) is 0.239. The first kappa shape index (κ1) is 12.3. The number of rotatable bonds is 2. The highest BCUT2D eigenvalue weighted by atomic mass is 16.7. The fourth-order valence-corrected chi connectivity index (χ4v) is 2.60. The van der Waals surface area contributed by atoms with Gasteiger partial charge in [0.05, 0.1) is 5.56 Å². The average molecular weight is 285 g/mol. The van der Waals surface area contributed by atoms with E-state index in [9.17, 15) is 4.79 Å². The predicted octanol–water partition coefficient (Wildman–Crippen LogP) is 2.48. The Hall–Kier alpha value is -2.44. The summed E-state index contributed by atoms with van der Waals surface area (Å²) in [7, 11) is 0. The number of nitrogens with zero attached hydrogens (tertiary/aromatic N) is 1. The number of hydrogen-bond donors (Lipinski definition) is 1. The molecule has 0 radical (unpaired) electrons. The summed E-state index contributed by atoms with van der Waals surface area (Å²) in [5.41, 5.74) is 2.56. The Kier molecular flexibility index (Phi) is 2.66. The van der Waals surface area contributed by atoms with E-state index < -0.39 is 5.97 Å². The molecule has 2 aromatic rings. The Morgan fingerprint density at radius 1 is 1.24 bits per heavy atom. The molecule has 1 N–H and O–H groups in total. The molecule has 21 heavy (non-hydrogen) atoms. The highest BCUT2D eigenvalue weighted by Gasteiger charge is 2.37. The molecule has 1 aromatic heterocycles. The van der Waals surface area contributed by atoms with Crippen LogP contribution in [0.3, 0.4) is 0 Å². The van der Waals surface area contributed by atoms with Crippen molar-refractivity contribution in [3.05, 3.63) is 47.2 Å². The number of carbonyl (C=O) groups is 1. The van der Waals surface area contributed by atoms with Crippen molar-refractivity contribution >= 4 is 12.0 Å². The van der Waals surface area contributed by atoms with Crippen molar-refractivity contribution in [2.24, 2.45) is 0 Å². The molecule has 0 bridgehead atoms. The van der Waals surface area contributed by atoms with Crippen LogP contribution >= 0.6 is 0 Å². The van der Waals surface area contributed by atoms with Gasteiger partial charge in [-0.05, 0) is 12.1 Å². The molecule has 6 nitrogen and oxygen atoms in total. The summed E-state index contributed by atoms with van der Waals surface area (Å²) in [4.78, 5) is 10.9. The van der Waals surface area contributed by atoms with Crippen molar-refractivity contribution in [2.45, 2.75) is 12.2 Å². The zero-order valence-corrected chi connectivity index (χ0v) is 10.9. The van der Waals surface area contributed by atoms with Crippen LogP contribution in [-0.2, 0) is 9.47 Å². The van der Waals surface area contributed by atoms with Crippen molar-refractivity contribution in [3.63, 3.8) is 0 Å². The largest absolute Gasteiger partial charge is 0.478 e. The van der Waals surface area contributed by atoms with Crippen LogP contribution in [0.4, 0.5) is 0 Å². The van der Waals surface area contributed by atoms with Crippen molar-refractivity contribution in [2.75, 3.05) is 6.79 Å². The van der Waals surface area contributed by atoms with Gasteiger partial charge in [-0.2, -0.15) is 0 Å². The molecule has 1 aliphatic heterocycles. The van der Waals surface area contributed by atoms with E-state index in [1.165, 1.54) is 0 Å². The molecular formula is C15H11NO5. The van der Waals surface area contributed by atoms with Gasteiger partial charge in [0.2, 0.25) is 0 Å². The molecular weight excluding hydrogens is 274 g/mol. The van der Waals surface area contributed by atoms with Crippen molar-refractivity contribution in [3.8, 4) is 11.3 Å². The highest BCUT2D eigenvalue weighted by molar-refractivity contribution is 5.88. The van der Waals surface area contributed by atoms with E-state index in [1.54, 1.807) is 24.3 Å². The van der Waals surface area contributed by atoms with Gasteiger partial charge < -0.3 is 19.1 Å². The summed E-state index contributed by atoms with van der Waals surface area (Å²) in [6, 6.07) is 6.52. The van der Waals surface area contributed by atoms with Gasteiger partial charge in [0.15, 0.2) is 11.9 Å². The zero-order valence-electron chi connectivity index (χ0n) is 10.9. The van der Waals surface area contributed by atoms with Gasteiger partial charge in [0, 0.05) is 11.1 Å². The molecule has 2 heterocycles. The van der Waals surface area contributed by atoms with Crippen LogP contribution in [0.15, 0.2) is 34.9 Å². The maximum Gasteiger partial charge on any atom is 0.335 e. The van der Waals surface area contributed by atoms with E-state index in [-0.39, 0.29) is 24.6 Å². The summed E-state index contributed by atoms with van der Waals surface area (Å²) < 4.78 is 16.3. The molecule has 1 fully saturated rings. The fraction of sp³-hybridized carbons (Fsp3) is 0.200. The minimum Gasteiger partial charge on any atom is -0.478 e. The highest BCUT2D eigenvalue weighted by Crippen LogP contribution is 2.40. The minimum absolute atomic E-state index is 0.132. The molecule has 6 heteroatoms. The second-order valence-corrected chi connectivity index (χ2v) is 4.89. The van der Waals surface area contributed by atoms with E-state index in [0.29, 0.717) is 11.5 Å². The Bertz CT molecular complexity index is 731. The first-order valence-corrected chi connectivity index (χ1v) is 6.49. The third-order valence-electron chi connectivity index (χ3n) is 3.68. The second kappa shape index (κ2) is 4.54. The molecule has 4 rings (SSSR count). The lowest BCUT2D eigenvalue weighted by molar-refractivity contribution is 0.0370. The first-order chi connectivity index (χ1) is 10.2. The summed E-state index contributed by atoms with van der Waals surface area (Å²) in [5.74, 6) is -0.305. The number of fused-ring (bicyclic) bond motifs is 3. The smallest absolute Gasteiger partial charge is 0.335 e. The van der Waals surface area contributed by atoms with Gasteiger partial charge in [0.1, 0.15) is 18.6 Å². The van der Waals surface area contributed by atoms with Crippen LogP contribution in [0, 0.1) is 0 Å². The summed E-state index contributed by atoms with van der Waals surface area (Å²) >= 11 is 0. The van der Waals surface area contributed by atoms with Gasteiger partial charge in [0.25, 0.3) is 0 Å². The SMILES string of the molecule is O=C(O)c1ccc(-c2noc3c2C=CC2OCOC32)cc1. The van der Waals surface area contributed by atoms with Gasteiger partial charge in [-0.3, -0.25) is 0 Å². The van der Waals surface area contributed by atoms with Gasteiger partial charge in [-0.1, -0.05) is 29.4 Å². The zero-order chi connectivity index (χ0) is 14.4. The fourth-order valence-electron chi connectivity index (χ4n) is 2.60.